The second-order valence-electron chi connectivity index (χ2n) is 9.06. The van der Waals surface area contributed by atoms with Crippen LogP contribution in [0.5, 0.6) is 0 Å². The van der Waals surface area contributed by atoms with Gasteiger partial charge in [0, 0.05) is 38.1 Å². The summed E-state index contributed by atoms with van der Waals surface area (Å²) in [7, 11) is 0. The molecule has 0 spiro atoms. The molecule has 0 bridgehead atoms. The number of ether oxygens (including phenoxy) is 1. The number of amides is 1. The van der Waals surface area contributed by atoms with Crippen LogP contribution in [0.25, 0.3) is 16.9 Å². The molecule has 1 saturated carbocycles. The van der Waals surface area contributed by atoms with Gasteiger partial charge in [-0.1, -0.05) is 0 Å². The molecule has 2 aliphatic rings. The van der Waals surface area contributed by atoms with Gasteiger partial charge in [0.15, 0.2) is 5.65 Å². The molecule has 5 rings (SSSR count). The highest BCUT2D eigenvalue weighted by Crippen LogP contribution is 2.46. The van der Waals surface area contributed by atoms with E-state index < -0.39 is 0 Å². The molecule has 0 aromatic carbocycles. The van der Waals surface area contributed by atoms with E-state index in [9.17, 15) is 10.1 Å². The summed E-state index contributed by atoms with van der Waals surface area (Å²) in [6.45, 7) is 7.64. The van der Waals surface area contributed by atoms with Crippen molar-refractivity contribution >= 4 is 22.9 Å². The van der Waals surface area contributed by atoms with Crippen molar-refractivity contribution in [2.45, 2.75) is 51.7 Å². The maximum atomic E-state index is 12.4. The van der Waals surface area contributed by atoms with Crippen molar-refractivity contribution in [1.82, 2.24) is 24.4 Å². The first kappa shape index (κ1) is 21.2. The molecule has 1 aliphatic carbocycles. The molecule has 1 aliphatic heterocycles. The Morgan fingerprint density at radius 2 is 2.06 bits per heavy atom. The van der Waals surface area contributed by atoms with E-state index in [0.717, 1.165) is 29.7 Å². The number of aromatic nitrogens is 4. The summed E-state index contributed by atoms with van der Waals surface area (Å²) >= 11 is 0. The Hall–Kier alpha value is -3.67. The van der Waals surface area contributed by atoms with Crippen molar-refractivity contribution < 1.29 is 9.53 Å². The Morgan fingerprint density at radius 3 is 2.76 bits per heavy atom. The van der Waals surface area contributed by atoms with Crippen LogP contribution >= 0.6 is 0 Å². The van der Waals surface area contributed by atoms with Crippen molar-refractivity contribution in [1.29, 1.82) is 5.26 Å². The van der Waals surface area contributed by atoms with Crippen LogP contribution in [0.1, 0.15) is 50.7 Å². The van der Waals surface area contributed by atoms with Gasteiger partial charge in [0.1, 0.15) is 18.0 Å². The highest BCUT2D eigenvalue weighted by Gasteiger charge is 2.34. The molecular formula is C24H27N7O2. The summed E-state index contributed by atoms with van der Waals surface area (Å²) in [5.74, 6) is 2.04. The molecule has 9 heteroatoms. The van der Waals surface area contributed by atoms with Crippen LogP contribution < -0.4 is 4.90 Å². The molecule has 170 valence electrons. The van der Waals surface area contributed by atoms with Crippen LogP contribution in [0.3, 0.4) is 0 Å². The number of rotatable bonds is 4. The zero-order valence-corrected chi connectivity index (χ0v) is 19.1. The maximum Gasteiger partial charge on any atom is 0.410 e. The van der Waals surface area contributed by atoms with Crippen molar-refractivity contribution in [2.75, 3.05) is 24.5 Å². The lowest BCUT2D eigenvalue weighted by molar-refractivity contribution is 0.0715. The van der Waals surface area contributed by atoms with E-state index in [4.69, 9.17) is 9.72 Å². The summed E-state index contributed by atoms with van der Waals surface area (Å²) in [5.41, 5.74) is 2.57. The number of fused-ring (bicyclic) bond motifs is 1. The molecule has 0 N–H and O–H groups in total. The highest BCUT2D eigenvalue weighted by atomic mass is 16.6. The summed E-state index contributed by atoms with van der Waals surface area (Å²) in [6.07, 6.45) is 7.22. The van der Waals surface area contributed by atoms with Crippen LogP contribution in [0, 0.1) is 11.3 Å². The molecule has 1 saturated heterocycles. The second kappa shape index (κ2) is 8.35. The Bertz CT molecular complexity index is 1240. The molecule has 1 atom stereocenters. The average Bonchev–Trinajstić information content (AvgIpc) is 3.58. The molecule has 1 amide bonds. The zero-order valence-electron chi connectivity index (χ0n) is 19.1. The Kier molecular flexibility index (Phi) is 5.36. The fourth-order valence-electron chi connectivity index (χ4n) is 4.50. The quantitative estimate of drug-likeness (QED) is 0.605. The summed E-state index contributed by atoms with van der Waals surface area (Å²) < 4.78 is 7.36. The molecule has 0 radical (unpaired) electrons. The molecule has 0 unspecified atom stereocenters. The standard InChI is InChI=1S/C24H27N7O2/c1-15(2)33-24(32)29-8-9-30(16(3)12-29)22-21-19(18-4-5-18)13-31(23(21)28-14-27-22)20-10-17(11-25)6-7-26-20/h6-7,10,13-16,18H,4-5,8-9,12H2,1-3H3/t16-/m0/s1. The number of piperazine rings is 1. The average molecular weight is 446 g/mol. The predicted octanol–water partition coefficient (Wildman–Crippen LogP) is 3.62. The van der Waals surface area contributed by atoms with Gasteiger partial charge in [-0.2, -0.15) is 5.26 Å². The van der Waals surface area contributed by atoms with Crippen LogP contribution in [0.4, 0.5) is 10.6 Å². The van der Waals surface area contributed by atoms with Gasteiger partial charge in [0.2, 0.25) is 0 Å². The third-order valence-corrected chi connectivity index (χ3v) is 6.23. The fourth-order valence-corrected chi connectivity index (χ4v) is 4.50. The van der Waals surface area contributed by atoms with Gasteiger partial charge in [-0.25, -0.2) is 19.7 Å². The number of hydrogen-bond donors (Lipinski definition) is 0. The largest absolute Gasteiger partial charge is 0.447 e. The number of pyridine rings is 1. The third-order valence-electron chi connectivity index (χ3n) is 6.23. The van der Waals surface area contributed by atoms with Crippen LogP contribution in [-0.4, -0.2) is 62.3 Å². The van der Waals surface area contributed by atoms with Gasteiger partial charge >= 0.3 is 6.09 Å². The highest BCUT2D eigenvalue weighted by molar-refractivity contribution is 5.93. The van der Waals surface area contributed by atoms with Crippen molar-refractivity contribution in [3.8, 4) is 11.9 Å². The first-order chi connectivity index (χ1) is 16.0. The summed E-state index contributed by atoms with van der Waals surface area (Å²) in [6, 6.07) is 5.73. The molecule has 4 heterocycles. The van der Waals surface area contributed by atoms with Gasteiger partial charge in [0.25, 0.3) is 0 Å². The fraction of sp³-hybridized carbons (Fsp3) is 0.458. The van der Waals surface area contributed by atoms with E-state index in [1.165, 1.54) is 5.56 Å². The van der Waals surface area contributed by atoms with E-state index in [-0.39, 0.29) is 18.2 Å². The molecule has 3 aromatic rings. The number of nitriles is 1. The smallest absolute Gasteiger partial charge is 0.410 e. The van der Waals surface area contributed by atoms with Crippen LogP contribution in [0.2, 0.25) is 0 Å². The van der Waals surface area contributed by atoms with E-state index in [2.05, 4.69) is 34.1 Å². The topological polar surface area (TPSA) is 100 Å². The van der Waals surface area contributed by atoms with Crippen LogP contribution in [0.15, 0.2) is 30.9 Å². The SMILES string of the molecule is CC(C)OC(=O)N1CCN(c2ncnc3c2c(C2CC2)cn3-c2cc(C#N)ccn2)[C@@H](C)C1. The van der Waals surface area contributed by atoms with E-state index in [1.54, 1.807) is 29.6 Å². The maximum absolute atomic E-state index is 12.4. The Labute approximate surface area is 192 Å². The lowest BCUT2D eigenvalue weighted by Crippen LogP contribution is -2.54. The predicted molar refractivity (Wildman–Crippen MR) is 123 cm³/mol. The van der Waals surface area contributed by atoms with Crippen molar-refractivity contribution in [3.63, 3.8) is 0 Å². The summed E-state index contributed by atoms with van der Waals surface area (Å²) in [4.78, 5) is 30.2. The number of nitrogens with zero attached hydrogens (tertiary/aromatic N) is 7. The first-order valence-corrected chi connectivity index (χ1v) is 11.4. The molecule has 9 nitrogen and oxygen atoms in total. The zero-order chi connectivity index (χ0) is 23.1. The molecule has 3 aromatic heterocycles. The minimum atomic E-state index is -0.266. The van der Waals surface area contributed by atoms with E-state index in [0.29, 0.717) is 36.9 Å². The number of hydrogen-bond acceptors (Lipinski definition) is 7. The minimum Gasteiger partial charge on any atom is -0.447 e. The van der Waals surface area contributed by atoms with Gasteiger partial charge in [-0.15, -0.1) is 0 Å². The Balaban J connectivity index is 1.53. The Morgan fingerprint density at radius 1 is 1.24 bits per heavy atom. The summed E-state index contributed by atoms with van der Waals surface area (Å²) in [5, 5.41) is 10.4. The van der Waals surface area contributed by atoms with Gasteiger partial charge < -0.3 is 14.5 Å². The molecule has 2 fully saturated rings. The lowest BCUT2D eigenvalue weighted by atomic mass is 10.1. The number of carbonyl (C=O) groups is 1. The van der Waals surface area contributed by atoms with Crippen LogP contribution in [-0.2, 0) is 4.74 Å². The lowest BCUT2D eigenvalue weighted by Gasteiger charge is -2.40. The minimum absolute atomic E-state index is 0.0759. The van der Waals surface area contributed by atoms with E-state index >= 15 is 0 Å². The van der Waals surface area contributed by atoms with E-state index in [1.807, 2.05) is 18.4 Å². The van der Waals surface area contributed by atoms with Gasteiger partial charge in [-0.05, 0) is 57.2 Å². The molecule has 33 heavy (non-hydrogen) atoms. The first-order valence-electron chi connectivity index (χ1n) is 11.4. The van der Waals surface area contributed by atoms with Gasteiger partial charge in [-0.3, -0.25) is 4.57 Å². The monoisotopic (exact) mass is 445 g/mol. The number of carbonyl (C=O) groups excluding carboxylic acids is 1. The normalized spacial score (nSPS) is 18.6. The second-order valence-corrected chi connectivity index (χ2v) is 9.06. The third kappa shape index (κ3) is 3.97. The van der Waals surface area contributed by atoms with Gasteiger partial charge in [0.05, 0.1) is 23.1 Å². The number of anilines is 1. The van der Waals surface area contributed by atoms with Crippen molar-refractivity contribution in [2.24, 2.45) is 0 Å². The molecular weight excluding hydrogens is 418 g/mol. The van der Waals surface area contributed by atoms with Crippen molar-refractivity contribution in [3.05, 3.63) is 42.0 Å².